The number of hydrogen-bond acceptors (Lipinski definition) is 1. The fourth-order valence-corrected chi connectivity index (χ4v) is 2.23. The summed E-state index contributed by atoms with van der Waals surface area (Å²) in [6.07, 6.45) is 7.35. The molecule has 1 nitrogen and oxygen atoms in total. The summed E-state index contributed by atoms with van der Waals surface area (Å²) in [6, 6.07) is 5.02. The zero-order chi connectivity index (χ0) is 13.4. The first-order valence-corrected chi connectivity index (χ1v) is 7.23. The third-order valence-corrected chi connectivity index (χ3v) is 3.41. The molecule has 0 amide bonds. The Balaban J connectivity index is 2.33. The maximum atomic E-state index is 13.6. The van der Waals surface area contributed by atoms with E-state index >= 15 is 0 Å². The van der Waals surface area contributed by atoms with Gasteiger partial charge in [0.2, 0.25) is 0 Å². The monoisotopic (exact) mass is 271 g/mol. The largest absolute Gasteiger partial charge is 0.379 e. The molecule has 18 heavy (non-hydrogen) atoms. The first-order valence-electron chi connectivity index (χ1n) is 6.85. The Morgan fingerprint density at radius 2 is 1.94 bits per heavy atom. The highest BCUT2D eigenvalue weighted by atomic mass is 35.5. The first-order chi connectivity index (χ1) is 8.65. The minimum absolute atomic E-state index is 0.251. The van der Waals surface area contributed by atoms with Gasteiger partial charge in [-0.25, -0.2) is 4.39 Å². The van der Waals surface area contributed by atoms with Crippen molar-refractivity contribution in [2.24, 2.45) is 0 Å². The van der Waals surface area contributed by atoms with E-state index in [0.29, 0.717) is 10.7 Å². The standard InChI is InChI=1S/C15H23ClFN/c1-3-4-5-6-7-9-12(2)18-15-13(16)10-8-11-14(15)17/h8,10-12,18H,3-7,9H2,1-2H3. The van der Waals surface area contributed by atoms with Gasteiger partial charge in [-0.15, -0.1) is 0 Å². The Morgan fingerprint density at radius 3 is 2.61 bits per heavy atom. The summed E-state index contributed by atoms with van der Waals surface area (Å²) < 4.78 is 13.6. The van der Waals surface area contributed by atoms with Gasteiger partial charge in [-0.2, -0.15) is 0 Å². The molecule has 0 aliphatic carbocycles. The van der Waals surface area contributed by atoms with Crippen molar-refractivity contribution in [1.82, 2.24) is 0 Å². The Hall–Kier alpha value is -0.760. The molecule has 0 bridgehead atoms. The lowest BCUT2D eigenvalue weighted by Crippen LogP contribution is -2.16. The second-order valence-electron chi connectivity index (χ2n) is 4.84. The molecule has 0 fully saturated rings. The number of para-hydroxylation sites is 1. The quantitative estimate of drug-likeness (QED) is 0.603. The van der Waals surface area contributed by atoms with Crippen LogP contribution in [0.3, 0.4) is 0 Å². The summed E-state index contributed by atoms with van der Waals surface area (Å²) in [6.45, 7) is 4.28. The van der Waals surface area contributed by atoms with Crippen molar-refractivity contribution < 1.29 is 4.39 Å². The lowest BCUT2D eigenvalue weighted by molar-refractivity contribution is 0.573. The highest BCUT2D eigenvalue weighted by Crippen LogP contribution is 2.26. The molecule has 0 radical (unpaired) electrons. The molecule has 0 aromatic heterocycles. The van der Waals surface area contributed by atoms with E-state index in [1.165, 1.54) is 38.2 Å². The predicted octanol–water partition coefficient (Wildman–Crippen LogP) is 5.64. The van der Waals surface area contributed by atoms with Crippen molar-refractivity contribution in [3.8, 4) is 0 Å². The van der Waals surface area contributed by atoms with Crippen LogP contribution in [-0.4, -0.2) is 6.04 Å². The Morgan fingerprint density at radius 1 is 1.22 bits per heavy atom. The fraction of sp³-hybridized carbons (Fsp3) is 0.600. The smallest absolute Gasteiger partial charge is 0.147 e. The number of anilines is 1. The normalized spacial score (nSPS) is 12.4. The summed E-state index contributed by atoms with van der Waals surface area (Å²) in [5, 5.41) is 3.61. The molecule has 0 spiro atoms. The van der Waals surface area contributed by atoms with Gasteiger partial charge < -0.3 is 5.32 Å². The van der Waals surface area contributed by atoms with Gasteiger partial charge in [0.05, 0.1) is 10.7 Å². The summed E-state index contributed by atoms with van der Waals surface area (Å²) in [7, 11) is 0. The molecule has 1 rings (SSSR count). The minimum Gasteiger partial charge on any atom is -0.379 e. The molecule has 0 saturated heterocycles. The molecule has 1 unspecified atom stereocenters. The third kappa shape index (κ3) is 5.26. The van der Waals surface area contributed by atoms with E-state index < -0.39 is 0 Å². The van der Waals surface area contributed by atoms with Gasteiger partial charge in [0.25, 0.3) is 0 Å². The van der Waals surface area contributed by atoms with Gasteiger partial charge in [0.15, 0.2) is 0 Å². The van der Waals surface area contributed by atoms with Gasteiger partial charge in [0.1, 0.15) is 5.82 Å². The summed E-state index contributed by atoms with van der Waals surface area (Å²) >= 11 is 5.97. The van der Waals surface area contributed by atoms with Gasteiger partial charge in [-0.05, 0) is 25.5 Å². The molecule has 3 heteroatoms. The Kier molecular flexibility index (Phi) is 7.11. The molecule has 1 N–H and O–H groups in total. The van der Waals surface area contributed by atoms with Crippen LogP contribution in [0.15, 0.2) is 18.2 Å². The molecule has 0 aliphatic rings. The molecule has 0 heterocycles. The molecule has 1 aromatic rings. The SMILES string of the molecule is CCCCCCCC(C)Nc1c(F)cccc1Cl. The highest BCUT2D eigenvalue weighted by molar-refractivity contribution is 6.33. The van der Waals surface area contributed by atoms with Crippen LogP contribution in [0.25, 0.3) is 0 Å². The molecule has 1 aromatic carbocycles. The minimum atomic E-state index is -0.277. The van der Waals surface area contributed by atoms with Gasteiger partial charge in [0, 0.05) is 6.04 Å². The highest BCUT2D eigenvalue weighted by Gasteiger charge is 2.09. The van der Waals surface area contributed by atoms with Crippen LogP contribution in [0, 0.1) is 5.82 Å². The maximum Gasteiger partial charge on any atom is 0.147 e. The van der Waals surface area contributed by atoms with E-state index in [0.717, 1.165) is 6.42 Å². The number of hydrogen-bond donors (Lipinski definition) is 1. The summed E-state index contributed by atoms with van der Waals surface area (Å²) in [5.74, 6) is -0.277. The van der Waals surface area contributed by atoms with Crippen molar-refractivity contribution in [1.29, 1.82) is 0 Å². The van der Waals surface area contributed by atoms with E-state index in [-0.39, 0.29) is 11.9 Å². The summed E-state index contributed by atoms with van der Waals surface area (Å²) in [4.78, 5) is 0. The fourth-order valence-electron chi connectivity index (χ4n) is 2.01. The van der Waals surface area contributed by atoms with E-state index in [1.54, 1.807) is 12.1 Å². The second-order valence-corrected chi connectivity index (χ2v) is 5.25. The number of rotatable bonds is 8. The van der Waals surface area contributed by atoms with Crippen LogP contribution < -0.4 is 5.32 Å². The van der Waals surface area contributed by atoms with Gasteiger partial charge >= 0.3 is 0 Å². The molecule has 0 aliphatic heterocycles. The molecular weight excluding hydrogens is 249 g/mol. The van der Waals surface area contributed by atoms with Crippen LogP contribution >= 0.6 is 11.6 Å². The van der Waals surface area contributed by atoms with E-state index in [4.69, 9.17) is 11.6 Å². The van der Waals surface area contributed by atoms with E-state index in [2.05, 4.69) is 19.2 Å². The molecular formula is C15H23ClFN. The Bertz CT molecular complexity index is 334. The Labute approximate surface area is 115 Å². The average Bonchev–Trinajstić information content (AvgIpc) is 2.34. The number of nitrogens with one attached hydrogen (secondary N) is 1. The molecule has 0 saturated carbocycles. The van der Waals surface area contributed by atoms with Crippen LogP contribution in [0.1, 0.15) is 52.4 Å². The van der Waals surface area contributed by atoms with Crippen molar-refractivity contribution in [2.45, 2.75) is 58.4 Å². The average molecular weight is 272 g/mol. The molecule has 102 valence electrons. The predicted molar refractivity (Wildman–Crippen MR) is 77.9 cm³/mol. The van der Waals surface area contributed by atoms with Crippen molar-refractivity contribution in [2.75, 3.05) is 5.32 Å². The van der Waals surface area contributed by atoms with Crippen molar-refractivity contribution in [3.05, 3.63) is 29.0 Å². The third-order valence-electron chi connectivity index (χ3n) is 3.09. The summed E-state index contributed by atoms with van der Waals surface area (Å²) in [5.41, 5.74) is 0.431. The number of benzene rings is 1. The van der Waals surface area contributed by atoms with Crippen molar-refractivity contribution in [3.63, 3.8) is 0 Å². The van der Waals surface area contributed by atoms with Gasteiger partial charge in [-0.3, -0.25) is 0 Å². The second kappa shape index (κ2) is 8.36. The van der Waals surface area contributed by atoms with Crippen LogP contribution in [-0.2, 0) is 0 Å². The van der Waals surface area contributed by atoms with Crippen LogP contribution in [0.4, 0.5) is 10.1 Å². The lowest BCUT2D eigenvalue weighted by Gasteiger charge is -2.16. The van der Waals surface area contributed by atoms with E-state index in [1.807, 2.05) is 0 Å². The topological polar surface area (TPSA) is 12.0 Å². The zero-order valence-corrected chi connectivity index (χ0v) is 12.1. The first kappa shape index (κ1) is 15.3. The zero-order valence-electron chi connectivity index (χ0n) is 11.3. The van der Waals surface area contributed by atoms with Crippen LogP contribution in [0.2, 0.25) is 5.02 Å². The van der Waals surface area contributed by atoms with Gasteiger partial charge in [-0.1, -0.05) is 56.7 Å². The van der Waals surface area contributed by atoms with Crippen molar-refractivity contribution >= 4 is 17.3 Å². The molecule has 1 atom stereocenters. The maximum absolute atomic E-state index is 13.6. The number of halogens is 2. The van der Waals surface area contributed by atoms with E-state index in [9.17, 15) is 4.39 Å². The lowest BCUT2D eigenvalue weighted by atomic mass is 10.1. The number of unbranched alkanes of at least 4 members (excludes halogenated alkanes) is 4. The van der Waals surface area contributed by atoms with Crippen LogP contribution in [0.5, 0.6) is 0 Å².